The standard InChI is InChI=1S/C27H43N3O2/c1-8-29-12-9-23(17-29)18-32-27(22(6)31-7)16-26-21(5)25(15-20(4)28-26)24-10-13-30(14-11-24)19(2)3/h15-16,19,23-24H,5,8-14,17-18H2,1-4,6-7H3/b26-16+,27-22-/t23-/m1/s1. The average Bonchev–Trinajstić information content (AvgIpc) is 3.26. The van der Waals surface area contributed by atoms with E-state index in [0.29, 0.717) is 24.5 Å². The highest BCUT2D eigenvalue weighted by Gasteiger charge is 2.24. The lowest BCUT2D eigenvalue weighted by Crippen LogP contribution is -2.40. The number of rotatable bonds is 8. The molecule has 3 rings (SSSR count). The van der Waals surface area contributed by atoms with E-state index in [2.05, 4.69) is 50.1 Å². The van der Waals surface area contributed by atoms with Crippen molar-refractivity contribution in [3.05, 3.63) is 39.4 Å². The van der Waals surface area contributed by atoms with Crippen molar-refractivity contribution in [1.82, 2.24) is 14.8 Å². The van der Waals surface area contributed by atoms with Gasteiger partial charge in [0.2, 0.25) is 0 Å². The molecule has 2 aliphatic heterocycles. The first-order chi connectivity index (χ1) is 15.3. The van der Waals surface area contributed by atoms with Gasteiger partial charge in [0.15, 0.2) is 5.76 Å². The summed E-state index contributed by atoms with van der Waals surface area (Å²) in [7, 11) is 1.70. The molecule has 0 unspecified atom stereocenters. The van der Waals surface area contributed by atoms with Crippen molar-refractivity contribution in [1.29, 1.82) is 0 Å². The first kappa shape index (κ1) is 24.8. The van der Waals surface area contributed by atoms with Gasteiger partial charge in [-0.15, -0.1) is 0 Å². The van der Waals surface area contributed by atoms with Gasteiger partial charge < -0.3 is 19.3 Å². The third kappa shape index (κ3) is 6.14. The summed E-state index contributed by atoms with van der Waals surface area (Å²) in [5.41, 5.74) is 2.38. The van der Waals surface area contributed by atoms with Crippen LogP contribution in [0.1, 0.15) is 64.1 Å². The van der Waals surface area contributed by atoms with E-state index >= 15 is 0 Å². The van der Waals surface area contributed by atoms with Gasteiger partial charge in [-0.2, -0.15) is 0 Å². The lowest BCUT2D eigenvalue weighted by Gasteiger charge is -2.35. The van der Waals surface area contributed by atoms with E-state index in [1.54, 1.807) is 7.11 Å². The number of ether oxygens (including phenoxy) is 2. The number of pyridine rings is 1. The number of aryl methyl sites for hydroxylation is 1. The summed E-state index contributed by atoms with van der Waals surface area (Å²) in [6.07, 6.45) is 5.58. The number of piperidine rings is 1. The first-order valence-corrected chi connectivity index (χ1v) is 12.3. The van der Waals surface area contributed by atoms with E-state index in [-0.39, 0.29) is 0 Å². The summed E-state index contributed by atoms with van der Waals surface area (Å²) in [6.45, 7) is 21.7. The maximum atomic E-state index is 6.29. The Balaban J connectivity index is 1.82. The number of methoxy groups -OCH3 is 1. The number of hydrogen-bond donors (Lipinski definition) is 0. The molecule has 32 heavy (non-hydrogen) atoms. The molecule has 2 aliphatic rings. The second-order valence-electron chi connectivity index (χ2n) is 9.75. The lowest BCUT2D eigenvalue weighted by molar-refractivity contribution is 0.157. The topological polar surface area (TPSA) is 37.8 Å². The van der Waals surface area contributed by atoms with Crippen molar-refractivity contribution < 1.29 is 9.47 Å². The fourth-order valence-corrected chi connectivity index (χ4v) is 4.97. The van der Waals surface area contributed by atoms with Crippen molar-refractivity contribution >= 4 is 12.7 Å². The minimum absolute atomic E-state index is 0.543. The molecule has 2 saturated heterocycles. The number of hydrogen-bond acceptors (Lipinski definition) is 5. The zero-order chi connectivity index (χ0) is 23.3. The number of aromatic nitrogens is 1. The molecule has 0 bridgehead atoms. The normalized spacial score (nSPS) is 22.5. The summed E-state index contributed by atoms with van der Waals surface area (Å²) in [5.74, 6) is 2.66. The Morgan fingerprint density at radius 2 is 1.97 bits per heavy atom. The fourth-order valence-electron chi connectivity index (χ4n) is 4.97. The van der Waals surface area contributed by atoms with Gasteiger partial charge >= 0.3 is 0 Å². The number of nitrogens with zero attached hydrogens (tertiary/aromatic N) is 3. The molecule has 5 nitrogen and oxygen atoms in total. The van der Waals surface area contributed by atoms with Crippen molar-refractivity contribution in [2.45, 2.75) is 65.8 Å². The van der Waals surface area contributed by atoms with Gasteiger partial charge in [-0.05, 0) is 95.9 Å². The summed E-state index contributed by atoms with van der Waals surface area (Å²) < 4.78 is 11.8. The monoisotopic (exact) mass is 441 g/mol. The first-order valence-electron chi connectivity index (χ1n) is 12.3. The Labute approximate surface area is 194 Å². The Morgan fingerprint density at radius 1 is 1.25 bits per heavy atom. The highest BCUT2D eigenvalue weighted by Crippen LogP contribution is 2.26. The third-order valence-corrected chi connectivity index (χ3v) is 7.23. The van der Waals surface area contributed by atoms with Crippen LogP contribution in [0.5, 0.6) is 0 Å². The second-order valence-corrected chi connectivity index (χ2v) is 9.75. The van der Waals surface area contributed by atoms with Crippen LogP contribution < -0.4 is 10.6 Å². The predicted molar refractivity (Wildman–Crippen MR) is 133 cm³/mol. The summed E-state index contributed by atoms with van der Waals surface area (Å²) in [6, 6.07) is 2.85. The summed E-state index contributed by atoms with van der Waals surface area (Å²) >= 11 is 0. The van der Waals surface area contributed by atoms with E-state index in [4.69, 9.17) is 14.5 Å². The van der Waals surface area contributed by atoms with E-state index in [9.17, 15) is 0 Å². The quantitative estimate of drug-likeness (QED) is 0.578. The van der Waals surface area contributed by atoms with Crippen LogP contribution in [0.4, 0.5) is 0 Å². The van der Waals surface area contributed by atoms with Gasteiger partial charge in [-0.3, -0.25) is 4.98 Å². The zero-order valence-corrected chi connectivity index (χ0v) is 21.1. The molecule has 0 spiro atoms. The van der Waals surface area contributed by atoms with Crippen LogP contribution in [0.2, 0.25) is 0 Å². The molecule has 0 saturated carbocycles. The summed E-state index contributed by atoms with van der Waals surface area (Å²) in [5, 5.41) is 1.93. The van der Waals surface area contributed by atoms with Gasteiger partial charge in [0.05, 0.1) is 19.1 Å². The zero-order valence-electron chi connectivity index (χ0n) is 21.1. The van der Waals surface area contributed by atoms with Crippen LogP contribution in [-0.2, 0) is 9.47 Å². The van der Waals surface area contributed by atoms with E-state index < -0.39 is 0 Å². The maximum absolute atomic E-state index is 6.29. The third-order valence-electron chi connectivity index (χ3n) is 7.23. The molecule has 0 radical (unpaired) electrons. The molecule has 178 valence electrons. The maximum Gasteiger partial charge on any atom is 0.158 e. The van der Waals surface area contributed by atoms with Crippen molar-refractivity contribution in [3.63, 3.8) is 0 Å². The Kier molecular flexibility index (Phi) is 8.78. The highest BCUT2D eigenvalue weighted by molar-refractivity contribution is 5.44. The van der Waals surface area contributed by atoms with Gasteiger partial charge in [0.25, 0.3) is 0 Å². The minimum Gasteiger partial charge on any atom is -0.498 e. The smallest absolute Gasteiger partial charge is 0.158 e. The molecule has 1 atom stereocenters. The van der Waals surface area contributed by atoms with E-state index in [1.807, 2.05) is 13.0 Å². The number of allylic oxidation sites excluding steroid dienone is 2. The average molecular weight is 442 g/mol. The Morgan fingerprint density at radius 3 is 2.56 bits per heavy atom. The molecule has 2 fully saturated rings. The van der Waals surface area contributed by atoms with Gasteiger partial charge in [-0.25, -0.2) is 0 Å². The Bertz CT molecular complexity index is 900. The van der Waals surface area contributed by atoms with Crippen LogP contribution in [0.3, 0.4) is 0 Å². The summed E-state index contributed by atoms with van der Waals surface area (Å²) in [4.78, 5) is 9.88. The molecule has 0 aliphatic carbocycles. The van der Waals surface area contributed by atoms with Gasteiger partial charge in [0.1, 0.15) is 5.76 Å². The van der Waals surface area contributed by atoms with Crippen LogP contribution >= 0.6 is 0 Å². The minimum atomic E-state index is 0.543. The molecule has 0 aromatic carbocycles. The molecule has 0 amide bonds. The van der Waals surface area contributed by atoms with E-state index in [0.717, 1.165) is 60.5 Å². The largest absolute Gasteiger partial charge is 0.498 e. The highest BCUT2D eigenvalue weighted by atomic mass is 16.5. The predicted octanol–water partition coefficient (Wildman–Crippen LogP) is 3.40. The van der Waals surface area contributed by atoms with Crippen LogP contribution in [0, 0.1) is 12.8 Å². The number of likely N-dealkylation sites (tertiary alicyclic amines) is 2. The van der Waals surface area contributed by atoms with Gasteiger partial charge in [-0.1, -0.05) is 13.5 Å². The second kappa shape index (κ2) is 11.3. The lowest BCUT2D eigenvalue weighted by atomic mass is 9.88. The molecule has 3 heterocycles. The molecule has 5 heteroatoms. The molecule has 1 aromatic heterocycles. The van der Waals surface area contributed by atoms with Gasteiger partial charge in [0, 0.05) is 30.3 Å². The van der Waals surface area contributed by atoms with E-state index in [1.165, 1.54) is 24.8 Å². The fraction of sp³-hybridized carbons (Fsp3) is 0.667. The molecular weight excluding hydrogens is 398 g/mol. The van der Waals surface area contributed by atoms with Crippen molar-refractivity contribution in [3.8, 4) is 0 Å². The molecule has 1 aromatic rings. The van der Waals surface area contributed by atoms with Crippen LogP contribution in [0.15, 0.2) is 17.6 Å². The SMILES string of the molecule is C=c1c(C2CCN(C(C)C)CC2)cc(C)n/c1=C/C(OC[C@@H]1CCN(CC)C1)=C(\C)OC. The molecular formula is C27H43N3O2. The van der Waals surface area contributed by atoms with Crippen molar-refractivity contribution in [2.24, 2.45) is 5.92 Å². The van der Waals surface area contributed by atoms with Crippen LogP contribution in [-0.4, -0.2) is 67.3 Å². The van der Waals surface area contributed by atoms with Crippen molar-refractivity contribution in [2.75, 3.05) is 46.4 Å². The van der Waals surface area contributed by atoms with Crippen LogP contribution in [0.25, 0.3) is 12.7 Å². The Hall–Kier alpha value is -1.85. The molecule has 0 N–H and O–H groups in total.